The van der Waals surface area contributed by atoms with E-state index in [-0.39, 0.29) is 12.0 Å². The van der Waals surface area contributed by atoms with Crippen molar-refractivity contribution in [3.05, 3.63) is 35.9 Å². The lowest BCUT2D eigenvalue weighted by Crippen LogP contribution is -2.32. The second-order valence-electron chi connectivity index (χ2n) is 5.60. The first-order chi connectivity index (χ1) is 8.70. The molecule has 0 radical (unpaired) electrons. The highest BCUT2D eigenvalue weighted by molar-refractivity contribution is 5.18. The minimum absolute atomic E-state index is 0.101. The highest BCUT2D eigenvalue weighted by atomic mass is 16.3. The van der Waals surface area contributed by atoms with Gasteiger partial charge in [0.2, 0.25) is 0 Å². The van der Waals surface area contributed by atoms with Crippen molar-refractivity contribution in [2.75, 3.05) is 0 Å². The average molecular weight is 248 g/mol. The van der Waals surface area contributed by atoms with Crippen LogP contribution in [0, 0.1) is 11.8 Å². The lowest BCUT2D eigenvalue weighted by Gasteiger charge is -2.33. The van der Waals surface area contributed by atoms with Crippen LogP contribution in [0.1, 0.15) is 50.7 Å². The Kier molecular flexibility index (Phi) is 4.79. The number of hydrogen-bond acceptors (Lipinski definition) is 2. The quantitative estimate of drug-likeness (QED) is 0.858. The Morgan fingerprint density at radius 3 is 2.22 bits per heavy atom. The molecule has 1 aromatic rings. The van der Waals surface area contributed by atoms with Crippen molar-refractivity contribution in [1.29, 1.82) is 0 Å². The number of aliphatic hydroxyl groups is 2. The third kappa shape index (κ3) is 3.12. The monoisotopic (exact) mass is 248 g/mol. The standard InChI is InChI=1S/C16H24O2/c1-12(15(17)13-8-4-2-5-9-13)16(18)14-10-6-3-7-11-14/h2,4-5,8-9,12,14-18H,3,6-7,10-11H2,1H3/t12-,15-,16+/m0/s1. The van der Waals surface area contributed by atoms with Gasteiger partial charge in [-0.15, -0.1) is 0 Å². The van der Waals surface area contributed by atoms with E-state index in [0.29, 0.717) is 5.92 Å². The third-order valence-electron chi connectivity index (χ3n) is 4.31. The molecule has 1 aromatic carbocycles. The predicted octanol–water partition coefficient (Wildman–Crippen LogP) is 3.30. The van der Waals surface area contributed by atoms with Crippen LogP contribution in [0.2, 0.25) is 0 Å². The van der Waals surface area contributed by atoms with Crippen molar-refractivity contribution in [1.82, 2.24) is 0 Å². The molecule has 2 N–H and O–H groups in total. The van der Waals surface area contributed by atoms with Crippen molar-refractivity contribution in [2.24, 2.45) is 11.8 Å². The van der Waals surface area contributed by atoms with Crippen LogP contribution in [0.15, 0.2) is 30.3 Å². The minimum Gasteiger partial charge on any atom is -0.392 e. The summed E-state index contributed by atoms with van der Waals surface area (Å²) in [5, 5.41) is 20.7. The van der Waals surface area contributed by atoms with E-state index in [4.69, 9.17) is 0 Å². The van der Waals surface area contributed by atoms with Crippen molar-refractivity contribution in [3.63, 3.8) is 0 Å². The summed E-state index contributed by atoms with van der Waals surface area (Å²) in [6, 6.07) is 9.65. The molecule has 3 atom stereocenters. The average Bonchev–Trinajstić information content (AvgIpc) is 2.47. The Labute approximate surface area is 110 Å². The van der Waals surface area contributed by atoms with E-state index in [0.717, 1.165) is 18.4 Å². The van der Waals surface area contributed by atoms with Crippen LogP contribution < -0.4 is 0 Å². The molecule has 0 amide bonds. The summed E-state index contributed by atoms with van der Waals surface area (Å²) in [7, 11) is 0. The van der Waals surface area contributed by atoms with Crippen LogP contribution in [0.4, 0.5) is 0 Å². The Hall–Kier alpha value is -0.860. The summed E-state index contributed by atoms with van der Waals surface area (Å²) < 4.78 is 0. The van der Waals surface area contributed by atoms with Crippen LogP contribution in [-0.2, 0) is 0 Å². The van der Waals surface area contributed by atoms with Gasteiger partial charge in [-0.1, -0.05) is 56.5 Å². The molecule has 2 nitrogen and oxygen atoms in total. The van der Waals surface area contributed by atoms with Crippen LogP contribution in [0.25, 0.3) is 0 Å². The van der Waals surface area contributed by atoms with Gasteiger partial charge in [0.25, 0.3) is 0 Å². The third-order valence-corrected chi connectivity index (χ3v) is 4.31. The van der Waals surface area contributed by atoms with E-state index in [2.05, 4.69) is 0 Å². The van der Waals surface area contributed by atoms with Gasteiger partial charge < -0.3 is 10.2 Å². The highest BCUT2D eigenvalue weighted by Crippen LogP contribution is 2.34. The van der Waals surface area contributed by atoms with E-state index in [1.165, 1.54) is 19.3 Å². The number of benzene rings is 1. The number of hydrogen-bond donors (Lipinski definition) is 2. The van der Waals surface area contributed by atoms with Gasteiger partial charge in [0, 0.05) is 5.92 Å². The van der Waals surface area contributed by atoms with Crippen LogP contribution in [0.3, 0.4) is 0 Å². The summed E-state index contributed by atoms with van der Waals surface area (Å²) in [6.07, 6.45) is 4.98. The lowest BCUT2D eigenvalue weighted by molar-refractivity contribution is -0.0207. The molecule has 0 spiro atoms. The SMILES string of the molecule is C[C@@H]([C@H](O)c1ccccc1)[C@@H](O)C1CCCCC1. The summed E-state index contributed by atoms with van der Waals surface area (Å²) in [5.74, 6) is 0.266. The van der Waals surface area contributed by atoms with Crippen molar-refractivity contribution < 1.29 is 10.2 Å². The predicted molar refractivity (Wildman–Crippen MR) is 73.1 cm³/mol. The van der Waals surface area contributed by atoms with Gasteiger partial charge in [-0.2, -0.15) is 0 Å². The molecule has 100 valence electrons. The molecular weight excluding hydrogens is 224 g/mol. The van der Waals surface area contributed by atoms with Gasteiger partial charge in [-0.25, -0.2) is 0 Å². The molecule has 1 fully saturated rings. The number of rotatable bonds is 4. The molecule has 2 rings (SSSR count). The lowest BCUT2D eigenvalue weighted by atomic mass is 9.78. The van der Waals surface area contributed by atoms with Gasteiger partial charge in [-0.3, -0.25) is 0 Å². The van der Waals surface area contributed by atoms with Gasteiger partial charge >= 0.3 is 0 Å². The maximum atomic E-state index is 10.4. The second kappa shape index (κ2) is 6.35. The molecule has 0 saturated heterocycles. The Morgan fingerprint density at radius 2 is 1.61 bits per heavy atom. The molecule has 18 heavy (non-hydrogen) atoms. The maximum absolute atomic E-state index is 10.4. The van der Waals surface area contributed by atoms with Gasteiger partial charge in [-0.05, 0) is 24.3 Å². The molecule has 2 heteroatoms. The molecular formula is C16H24O2. The van der Waals surface area contributed by atoms with Crippen molar-refractivity contribution in [2.45, 2.75) is 51.2 Å². The summed E-state index contributed by atoms with van der Waals surface area (Å²) in [6.45, 7) is 1.96. The van der Waals surface area contributed by atoms with Gasteiger partial charge in [0.15, 0.2) is 0 Å². The molecule has 1 aliphatic carbocycles. The van der Waals surface area contributed by atoms with Gasteiger partial charge in [0.1, 0.15) is 0 Å². The molecule has 0 aromatic heterocycles. The van der Waals surface area contributed by atoms with Crippen LogP contribution in [-0.4, -0.2) is 16.3 Å². The molecule has 0 unspecified atom stereocenters. The van der Waals surface area contributed by atoms with E-state index in [1.54, 1.807) is 0 Å². The van der Waals surface area contributed by atoms with Gasteiger partial charge in [0.05, 0.1) is 12.2 Å². The van der Waals surface area contributed by atoms with Crippen LogP contribution >= 0.6 is 0 Å². The van der Waals surface area contributed by atoms with Crippen LogP contribution in [0.5, 0.6) is 0 Å². The normalized spacial score (nSPS) is 22.4. The maximum Gasteiger partial charge on any atom is 0.0840 e. The fourth-order valence-electron chi connectivity index (χ4n) is 3.05. The number of aliphatic hydroxyl groups excluding tert-OH is 2. The fourth-order valence-corrected chi connectivity index (χ4v) is 3.05. The largest absolute Gasteiger partial charge is 0.392 e. The molecule has 0 bridgehead atoms. The molecule has 0 aliphatic heterocycles. The highest BCUT2D eigenvalue weighted by Gasteiger charge is 2.30. The molecule has 1 saturated carbocycles. The first-order valence-electron chi connectivity index (χ1n) is 7.11. The zero-order valence-corrected chi connectivity index (χ0v) is 11.1. The van der Waals surface area contributed by atoms with E-state index in [1.807, 2.05) is 37.3 Å². The topological polar surface area (TPSA) is 40.5 Å². The Balaban J connectivity index is 1.99. The zero-order valence-electron chi connectivity index (χ0n) is 11.1. The second-order valence-corrected chi connectivity index (χ2v) is 5.60. The van der Waals surface area contributed by atoms with E-state index in [9.17, 15) is 10.2 Å². The Bertz CT molecular complexity index is 343. The molecule has 0 heterocycles. The fraction of sp³-hybridized carbons (Fsp3) is 0.625. The summed E-state index contributed by atoms with van der Waals surface area (Å²) in [4.78, 5) is 0. The molecule has 1 aliphatic rings. The zero-order chi connectivity index (χ0) is 13.0. The summed E-state index contributed by atoms with van der Waals surface area (Å²) >= 11 is 0. The van der Waals surface area contributed by atoms with Crippen molar-refractivity contribution in [3.8, 4) is 0 Å². The van der Waals surface area contributed by atoms with Crippen molar-refractivity contribution >= 4 is 0 Å². The smallest absolute Gasteiger partial charge is 0.0840 e. The summed E-state index contributed by atoms with van der Waals surface area (Å²) in [5.41, 5.74) is 0.903. The van der Waals surface area contributed by atoms with E-state index < -0.39 is 6.10 Å². The minimum atomic E-state index is -0.567. The Morgan fingerprint density at radius 1 is 1.00 bits per heavy atom. The first kappa shape index (κ1) is 13.6. The van der Waals surface area contributed by atoms with E-state index >= 15 is 0 Å². The first-order valence-corrected chi connectivity index (χ1v) is 7.11.